The molecule has 5 heteroatoms. The lowest BCUT2D eigenvalue weighted by atomic mass is 10.1. The Kier molecular flexibility index (Phi) is 5.17. The lowest BCUT2D eigenvalue weighted by molar-refractivity contribution is 0.296. The molecular weight excluding hydrogens is 420 g/mol. The van der Waals surface area contributed by atoms with Crippen molar-refractivity contribution in [3.63, 3.8) is 0 Å². The third-order valence-electron chi connectivity index (χ3n) is 4.49. The minimum absolute atomic E-state index is 0.0696. The highest BCUT2D eigenvalue weighted by Gasteiger charge is 2.11. The average molecular weight is 437 g/mol. The molecule has 0 N–H and O–H groups in total. The molecule has 0 aliphatic rings. The first-order valence-corrected chi connectivity index (χ1v) is 9.51. The van der Waals surface area contributed by atoms with Crippen molar-refractivity contribution in [2.75, 3.05) is 7.11 Å². The third-order valence-corrected chi connectivity index (χ3v) is 5.02. The van der Waals surface area contributed by atoms with Gasteiger partial charge in [-0.2, -0.15) is 0 Å². The van der Waals surface area contributed by atoms with Gasteiger partial charge in [-0.1, -0.05) is 46.3 Å². The lowest BCUT2D eigenvalue weighted by Gasteiger charge is -2.10. The highest BCUT2D eigenvalue weighted by Crippen LogP contribution is 2.25. The summed E-state index contributed by atoms with van der Waals surface area (Å²) in [5.74, 6) is 1.40. The number of ether oxygens (including phenoxy) is 2. The fraction of sp³-hybridized carbons (Fsp3) is 0.0870. The lowest BCUT2D eigenvalue weighted by Crippen LogP contribution is -2.05. The molecule has 0 saturated carbocycles. The van der Waals surface area contributed by atoms with E-state index in [0.29, 0.717) is 28.9 Å². The molecule has 4 nitrogen and oxygen atoms in total. The van der Waals surface area contributed by atoms with E-state index < -0.39 is 0 Å². The van der Waals surface area contributed by atoms with E-state index in [0.717, 1.165) is 21.3 Å². The van der Waals surface area contributed by atoms with E-state index in [1.807, 2.05) is 48.5 Å². The molecule has 0 amide bonds. The van der Waals surface area contributed by atoms with Gasteiger partial charge in [0, 0.05) is 16.1 Å². The van der Waals surface area contributed by atoms with Crippen molar-refractivity contribution in [3.05, 3.63) is 93.3 Å². The smallest absolute Gasteiger partial charge is 0.200 e. The quantitative estimate of drug-likeness (QED) is 0.396. The summed E-state index contributed by atoms with van der Waals surface area (Å²) < 4.78 is 17.9. The molecule has 0 bridgehead atoms. The van der Waals surface area contributed by atoms with Crippen LogP contribution >= 0.6 is 15.9 Å². The number of benzene rings is 3. The van der Waals surface area contributed by atoms with E-state index in [2.05, 4.69) is 15.9 Å². The molecule has 0 radical (unpaired) electrons. The zero-order valence-electron chi connectivity index (χ0n) is 15.1. The molecule has 4 rings (SSSR count). The van der Waals surface area contributed by atoms with Gasteiger partial charge in [-0.15, -0.1) is 0 Å². The largest absolute Gasteiger partial charge is 0.496 e. The number of hydrogen-bond acceptors (Lipinski definition) is 4. The molecule has 0 aliphatic carbocycles. The molecule has 3 aromatic carbocycles. The van der Waals surface area contributed by atoms with Gasteiger partial charge in [0.25, 0.3) is 0 Å². The van der Waals surface area contributed by atoms with Crippen LogP contribution in [0.2, 0.25) is 0 Å². The van der Waals surface area contributed by atoms with Crippen LogP contribution in [0.15, 0.2) is 86.7 Å². The molecular formula is C23H17BrO4. The zero-order chi connectivity index (χ0) is 19.5. The van der Waals surface area contributed by atoms with Crippen molar-refractivity contribution in [2.45, 2.75) is 6.61 Å². The van der Waals surface area contributed by atoms with Gasteiger partial charge in [-0.05, 0) is 35.9 Å². The highest BCUT2D eigenvalue weighted by atomic mass is 79.9. The summed E-state index contributed by atoms with van der Waals surface area (Å²) in [5, 5.41) is 0.519. The Bertz CT molecular complexity index is 1180. The first-order valence-electron chi connectivity index (χ1n) is 8.72. The van der Waals surface area contributed by atoms with E-state index in [1.54, 1.807) is 25.3 Å². The van der Waals surface area contributed by atoms with Crippen molar-refractivity contribution in [2.24, 2.45) is 0 Å². The van der Waals surface area contributed by atoms with Crippen LogP contribution in [-0.4, -0.2) is 7.11 Å². The molecule has 0 fully saturated rings. The van der Waals surface area contributed by atoms with Gasteiger partial charge >= 0.3 is 0 Å². The van der Waals surface area contributed by atoms with Crippen LogP contribution < -0.4 is 14.9 Å². The summed E-state index contributed by atoms with van der Waals surface area (Å²) in [5.41, 5.74) is 2.71. The van der Waals surface area contributed by atoms with Crippen LogP contribution in [0.3, 0.4) is 0 Å². The second-order valence-corrected chi connectivity index (χ2v) is 7.16. The molecule has 0 spiro atoms. The van der Waals surface area contributed by atoms with Crippen molar-refractivity contribution in [3.8, 4) is 22.6 Å². The zero-order valence-corrected chi connectivity index (χ0v) is 16.7. The molecule has 4 aromatic rings. The number of hydrogen-bond donors (Lipinski definition) is 0. The maximum absolute atomic E-state index is 12.9. The molecule has 140 valence electrons. The second-order valence-electron chi connectivity index (χ2n) is 6.24. The summed E-state index contributed by atoms with van der Waals surface area (Å²) in [6.45, 7) is 0.358. The van der Waals surface area contributed by atoms with Crippen LogP contribution in [-0.2, 0) is 6.61 Å². The number of rotatable bonds is 5. The fourth-order valence-electron chi connectivity index (χ4n) is 3.01. The van der Waals surface area contributed by atoms with Gasteiger partial charge in [0.05, 0.1) is 18.1 Å². The van der Waals surface area contributed by atoms with Crippen LogP contribution in [0.1, 0.15) is 5.56 Å². The number of halogens is 1. The molecule has 1 heterocycles. The predicted molar refractivity (Wildman–Crippen MR) is 113 cm³/mol. The SMILES string of the molecule is COc1ccccc1COc1ccc2c(=O)c(-c3ccc(Br)cc3)coc2c1. The topological polar surface area (TPSA) is 48.7 Å². The normalized spacial score (nSPS) is 10.8. The predicted octanol–water partition coefficient (Wildman–Crippen LogP) is 5.81. The molecule has 0 aliphatic heterocycles. The average Bonchev–Trinajstić information content (AvgIpc) is 2.73. The van der Waals surface area contributed by atoms with Gasteiger partial charge < -0.3 is 13.9 Å². The molecule has 0 unspecified atom stereocenters. The molecule has 28 heavy (non-hydrogen) atoms. The van der Waals surface area contributed by atoms with Crippen molar-refractivity contribution in [1.82, 2.24) is 0 Å². The second kappa shape index (κ2) is 7.90. The molecule has 1 aromatic heterocycles. The number of fused-ring (bicyclic) bond motifs is 1. The summed E-state index contributed by atoms with van der Waals surface area (Å²) in [4.78, 5) is 12.9. The van der Waals surface area contributed by atoms with E-state index in [-0.39, 0.29) is 5.43 Å². The Balaban J connectivity index is 1.62. The van der Waals surface area contributed by atoms with Crippen molar-refractivity contribution in [1.29, 1.82) is 0 Å². The van der Waals surface area contributed by atoms with Gasteiger partial charge in [0.1, 0.15) is 30.0 Å². The Labute approximate surface area is 170 Å². The van der Waals surface area contributed by atoms with E-state index in [4.69, 9.17) is 13.9 Å². The molecule has 0 atom stereocenters. The summed E-state index contributed by atoms with van der Waals surface area (Å²) in [6, 6.07) is 20.5. The van der Waals surface area contributed by atoms with Gasteiger partial charge in [0.15, 0.2) is 5.43 Å². The number of para-hydroxylation sites is 1. The van der Waals surface area contributed by atoms with E-state index >= 15 is 0 Å². The maximum Gasteiger partial charge on any atom is 0.200 e. The fourth-order valence-corrected chi connectivity index (χ4v) is 3.27. The Morgan fingerprint density at radius 1 is 1.00 bits per heavy atom. The first kappa shape index (κ1) is 18.3. The number of methoxy groups -OCH3 is 1. The van der Waals surface area contributed by atoms with Gasteiger partial charge in [-0.3, -0.25) is 4.79 Å². The maximum atomic E-state index is 12.9. The van der Waals surface area contributed by atoms with E-state index in [1.165, 1.54) is 6.26 Å². The van der Waals surface area contributed by atoms with Crippen LogP contribution in [0.5, 0.6) is 11.5 Å². The minimum atomic E-state index is -0.0696. The Hall–Kier alpha value is -3.05. The van der Waals surface area contributed by atoms with E-state index in [9.17, 15) is 4.79 Å². The summed E-state index contributed by atoms with van der Waals surface area (Å²) in [6.07, 6.45) is 1.50. The highest BCUT2D eigenvalue weighted by molar-refractivity contribution is 9.10. The monoisotopic (exact) mass is 436 g/mol. The third kappa shape index (κ3) is 3.66. The Morgan fingerprint density at radius 3 is 2.57 bits per heavy atom. The standard InChI is InChI=1S/C23H17BrO4/c1-26-21-5-3-2-4-16(21)13-27-18-10-11-19-22(12-18)28-14-20(23(19)25)15-6-8-17(24)9-7-15/h2-12,14H,13H2,1H3. The van der Waals surface area contributed by atoms with Crippen molar-refractivity contribution < 1.29 is 13.9 Å². The van der Waals surface area contributed by atoms with Crippen LogP contribution in [0.4, 0.5) is 0 Å². The van der Waals surface area contributed by atoms with Crippen LogP contribution in [0.25, 0.3) is 22.1 Å². The van der Waals surface area contributed by atoms with Crippen LogP contribution in [0, 0.1) is 0 Å². The minimum Gasteiger partial charge on any atom is -0.496 e. The summed E-state index contributed by atoms with van der Waals surface area (Å²) >= 11 is 3.40. The van der Waals surface area contributed by atoms with Gasteiger partial charge in [-0.25, -0.2) is 0 Å². The Morgan fingerprint density at radius 2 is 1.79 bits per heavy atom. The molecule has 0 saturated heterocycles. The van der Waals surface area contributed by atoms with Crippen molar-refractivity contribution >= 4 is 26.9 Å². The van der Waals surface area contributed by atoms with Gasteiger partial charge in [0.2, 0.25) is 0 Å². The first-order chi connectivity index (χ1) is 13.7. The summed E-state index contributed by atoms with van der Waals surface area (Å²) in [7, 11) is 1.63.